The van der Waals surface area contributed by atoms with Crippen molar-refractivity contribution in [3.05, 3.63) is 5.82 Å². The maximum Gasteiger partial charge on any atom is 0.303 e. The predicted molar refractivity (Wildman–Crippen MR) is 48.8 cm³/mol. The molecule has 1 N–H and O–H groups in total. The molecule has 0 saturated heterocycles. The van der Waals surface area contributed by atoms with Gasteiger partial charge in [-0.15, -0.1) is 5.10 Å². The lowest BCUT2D eigenvalue weighted by Crippen LogP contribution is -2.26. The monoisotopic (exact) mass is 198 g/mol. The van der Waals surface area contributed by atoms with Crippen LogP contribution in [0.3, 0.4) is 0 Å². The van der Waals surface area contributed by atoms with E-state index < -0.39 is 5.97 Å². The molecule has 0 bridgehead atoms. The fourth-order valence-electron chi connectivity index (χ4n) is 1.10. The molecule has 0 aliphatic rings. The average molecular weight is 198 g/mol. The van der Waals surface area contributed by atoms with E-state index in [9.17, 15) is 4.79 Å². The second kappa shape index (κ2) is 3.73. The number of aliphatic carboxylic acids is 1. The number of carboxylic acid groups (broad SMARTS) is 1. The van der Waals surface area contributed by atoms with Crippen molar-refractivity contribution >= 4 is 5.97 Å². The highest BCUT2D eigenvalue weighted by atomic mass is 16.4. The molecule has 0 atom stereocenters. The average Bonchev–Trinajstić information content (AvgIpc) is 2.46. The Morgan fingerprint density at radius 3 is 2.64 bits per heavy atom. The van der Waals surface area contributed by atoms with Crippen LogP contribution in [0.4, 0.5) is 0 Å². The summed E-state index contributed by atoms with van der Waals surface area (Å²) in [5.74, 6) is -0.228. The van der Waals surface area contributed by atoms with Gasteiger partial charge in [-0.2, -0.15) is 0 Å². The molecule has 0 aliphatic carbocycles. The summed E-state index contributed by atoms with van der Waals surface area (Å²) in [7, 11) is 0. The predicted octanol–water partition coefficient (Wildman–Crippen LogP) is 0.445. The first-order valence-corrected chi connectivity index (χ1v) is 4.41. The van der Waals surface area contributed by atoms with Gasteiger partial charge in [-0.1, -0.05) is 0 Å². The Labute approximate surface area is 81.9 Å². The third-order valence-electron chi connectivity index (χ3n) is 1.73. The van der Waals surface area contributed by atoms with E-state index in [1.165, 1.54) is 0 Å². The standard InChI is InChI=1S/C8H14N4O2/c1-8(2,3)12-6(9-10-11-12)4-5-7(13)14/h4-5H2,1-3H3,(H,13,14). The van der Waals surface area contributed by atoms with Crippen LogP contribution in [0.15, 0.2) is 0 Å². The van der Waals surface area contributed by atoms with Gasteiger partial charge in [0.05, 0.1) is 12.0 Å². The van der Waals surface area contributed by atoms with Gasteiger partial charge in [0.2, 0.25) is 0 Å². The summed E-state index contributed by atoms with van der Waals surface area (Å²) in [6.45, 7) is 5.90. The Morgan fingerprint density at radius 2 is 2.14 bits per heavy atom. The second-order valence-electron chi connectivity index (χ2n) is 4.07. The van der Waals surface area contributed by atoms with E-state index in [2.05, 4.69) is 15.5 Å². The molecule has 0 fully saturated rings. The third kappa shape index (κ3) is 2.51. The lowest BCUT2D eigenvalue weighted by Gasteiger charge is -2.19. The van der Waals surface area contributed by atoms with E-state index in [0.29, 0.717) is 12.2 Å². The Kier molecular flexibility index (Phi) is 2.83. The summed E-state index contributed by atoms with van der Waals surface area (Å²) < 4.78 is 1.65. The van der Waals surface area contributed by atoms with Crippen LogP contribution in [0.1, 0.15) is 33.0 Å². The van der Waals surface area contributed by atoms with Gasteiger partial charge < -0.3 is 5.11 Å². The highest BCUT2D eigenvalue weighted by Gasteiger charge is 2.19. The smallest absolute Gasteiger partial charge is 0.303 e. The molecule has 78 valence electrons. The Balaban J connectivity index is 2.78. The molecule has 0 radical (unpaired) electrons. The number of aryl methyl sites for hydroxylation is 1. The van der Waals surface area contributed by atoms with Crippen LogP contribution in [-0.4, -0.2) is 31.3 Å². The quantitative estimate of drug-likeness (QED) is 0.762. The Bertz CT molecular complexity index is 326. The molecule has 0 unspecified atom stereocenters. The minimum absolute atomic E-state index is 0.0520. The zero-order valence-corrected chi connectivity index (χ0v) is 8.56. The van der Waals surface area contributed by atoms with Crippen molar-refractivity contribution < 1.29 is 9.90 Å². The molecule has 0 saturated carbocycles. The van der Waals surface area contributed by atoms with Crippen molar-refractivity contribution in [1.82, 2.24) is 20.2 Å². The van der Waals surface area contributed by atoms with Crippen molar-refractivity contribution in [2.24, 2.45) is 0 Å². The molecule has 1 aromatic rings. The molecule has 1 rings (SSSR count). The molecular weight excluding hydrogens is 184 g/mol. The SMILES string of the molecule is CC(C)(C)n1nnnc1CCC(=O)O. The van der Waals surface area contributed by atoms with Gasteiger partial charge in [-0.25, -0.2) is 4.68 Å². The molecular formula is C8H14N4O2. The number of rotatable bonds is 3. The van der Waals surface area contributed by atoms with Crippen molar-refractivity contribution in [2.45, 2.75) is 39.2 Å². The zero-order valence-electron chi connectivity index (χ0n) is 8.56. The van der Waals surface area contributed by atoms with E-state index >= 15 is 0 Å². The number of hydrogen-bond donors (Lipinski definition) is 1. The topological polar surface area (TPSA) is 80.9 Å². The highest BCUT2D eigenvalue weighted by molar-refractivity contribution is 5.66. The van der Waals surface area contributed by atoms with E-state index in [1.54, 1.807) is 4.68 Å². The van der Waals surface area contributed by atoms with Gasteiger partial charge >= 0.3 is 5.97 Å². The van der Waals surface area contributed by atoms with Crippen LogP contribution in [-0.2, 0) is 16.8 Å². The normalized spacial score (nSPS) is 11.6. The van der Waals surface area contributed by atoms with Crippen LogP contribution < -0.4 is 0 Å². The Morgan fingerprint density at radius 1 is 1.50 bits per heavy atom. The number of hydrogen-bond acceptors (Lipinski definition) is 4. The van der Waals surface area contributed by atoms with Crippen molar-refractivity contribution in [1.29, 1.82) is 0 Å². The molecule has 6 nitrogen and oxygen atoms in total. The number of carboxylic acids is 1. The maximum atomic E-state index is 10.4. The number of tetrazole rings is 1. The molecule has 1 heterocycles. The van der Waals surface area contributed by atoms with Gasteiger partial charge in [-0.05, 0) is 31.2 Å². The summed E-state index contributed by atoms with van der Waals surface area (Å²) >= 11 is 0. The summed E-state index contributed by atoms with van der Waals surface area (Å²) in [5.41, 5.74) is -0.211. The summed E-state index contributed by atoms with van der Waals surface area (Å²) in [6.07, 6.45) is 0.413. The molecule has 0 aliphatic heterocycles. The first kappa shape index (κ1) is 10.6. The minimum Gasteiger partial charge on any atom is -0.481 e. The summed E-state index contributed by atoms with van der Waals surface area (Å²) in [4.78, 5) is 10.4. The molecule has 1 aromatic heterocycles. The Hall–Kier alpha value is -1.46. The second-order valence-corrected chi connectivity index (χ2v) is 4.07. The van der Waals surface area contributed by atoms with Gasteiger partial charge in [0.1, 0.15) is 0 Å². The van der Waals surface area contributed by atoms with E-state index in [-0.39, 0.29) is 12.0 Å². The fraction of sp³-hybridized carbons (Fsp3) is 0.750. The number of aromatic nitrogens is 4. The van der Waals surface area contributed by atoms with Gasteiger partial charge in [0.15, 0.2) is 5.82 Å². The lowest BCUT2D eigenvalue weighted by molar-refractivity contribution is -0.137. The third-order valence-corrected chi connectivity index (χ3v) is 1.73. The van der Waals surface area contributed by atoms with E-state index in [0.717, 1.165) is 0 Å². The van der Waals surface area contributed by atoms with Crippen molar-refractivity contribution in [3.63, 3.8) is 0 Å². The van der Waals surface area contributed by atoms with Gasteiger partial charge in [-0.3, -0.25) is 4.79 Å². The number of carbonyl (C=O) groups is 1. The first-order valence-electron chi connectivity index (χ1n) is 4.41. The lowest BCUT2D eigenvalue weighted by atomic mass is 10.1. The van der Waals surface area contributed by atoms with Gasteiger partial charge in [0, 0.05) is 6.42 Å². The number of nitrogens with zero attached hydrogens (tertiary/aromatic N) is 4. The minimum atomic E-state index is -0.839. The van der Waals surface area contributed by atoms with Crippen LogP contribution in [0.2, 0.25) is 0 Å². The largest absolute Gasteiger partial charge is 0.481 e. The van der Waals surface area contributed by atoms with Crippen LogP contribution in [0, 0.1) is 0 Å². The van der Waals surface area contributed by atoms with Crippen molar-refractivity contribution in [3.8, 4) is 0 Å². The molecule has 14 heavy (non-hydrogen) atoms. The molecule has 0 amide bonds. The fourth-order valence-corrected chi connectivity index (χ4v) is 1.10. The first-order chi connectivity index (χ1) is 6.41. The van der Waals surface area contributed by atoms with Crippen LogP contribution in [0.5, 0.6) is 0 Å². The van der Waals surface area contributed by atoms with Crippen LogP contribution in [0.25, 0.3) is 0 Å². The highest BCUT2D eigenvalue weighted by Crippen LogP contribution is 2.13. The zero-order chi connectivity index (χ0) is 10.8. The maximum absolute atomic E-state index is 10.4. The summed E-state index contributed by atoms with van der Waals surface area (Å²) in [6, 6.07) is 0. The van der Waals surface area contributed by atoms with Crippen molar-refractivity contribution in [2.75, 3.05) is 0 Å². The molecule has 6 heteroatoms. The summed E-state index contributed by atoms with van der Waals surface area (Å²) in [5, 5.41) is 19.7. The molecule has 0 aromatic carbocycles. The van der Waals surface area contributed by atoms with Gasteiger partial charge in [0.25, 0.3) is 0 Å². The van der Waals surface area contributed by atoms with E-state index in [1.807, 2.05) is 20.8 Å². The van der Waals surface area contributed by atoms with Crippen LogP contribution >= 0.6 is 0 Å². The van der Waals surface area contributed by atoms with E-state index in [4.69, 9.17) is 5.11 Å². The molecule has 0 spiro atoms.